The first kappa shape index (κ1) is 27.0. The number of halogens is 2. The number of thioether (sulfide) groups is 1. The summed E-state index contributed by atoms with van der Waals surface area (Å²) in [6, 6.07) is 24.3. The number of nitrogens with one attached hydrogen (secondary N) is 1. The molecule has 0 bridgehead atoms. The molecule has 1 heterocycles. The van der Waals surface area contributed by atoms with Gasteiger partial charge in [0.25, 0.3) is 17.1 Å². The topological polar surface area (TPSA) is 75.7 Å². The average molecular weight is 622 g/mol. The second kappa shape index (κ2) is 11.7. The van der Waals surface area contributed by atoms with Gasteiger partial charge in [-0.3, -0.25) is 19.3 Å². The highest BCUT2D eigenvalue weighted by Crippen LogP contribution is 2.35. The molecule has 4 aromatic carbocycles. The number of benzene rings is 4. The van der Waals surface area contributed by atoms with Gasteiger partial charge in [0, 0.05) is 10.7 Å². The zero-order valence-electron chi connectivity index (χ0n) is 20.7. The maximum absolute atomic E-state index is 13.1. The highest BCUT2D eigenvalue weighted by atomic mass is 79.9. The van der Waals surface area contributed by atoms with Crippen molar-refractivity contribution >= 4 is 78.9 Å². The smallest absolute Gasteiger partial charge is 0.293 e. The number of rotatable bonds is 7. The maximum Gasteiger partial charge on any atom is 0.293 e. The van der Waals surface area contributed by atoms with Gasteiger partial charge >= 0.3 is 0 Å². The molecule has 1 aliphatic heterocycles. The fourth-order valence-corrected chi connectivity index (χ4v) is 5.65. The maximum atomic E-state index is 13.1. The van der Waals surface area contributed by atoms with Crippen molar-refractivity contribution in [3.8, 4) is 5.75 Å². The molecule has 4 aromatic rings. The van der Waals surface area contributed by atoms with Crippen LogP contribution in [-0.4, -0.2) is 28.6 Å². The van der Waals surface area contributed by atoms with E-state index in [2.05, 4.69) is 21.2 Å². The Labute approximate surface area is 243 Å². The Morgan fingerprint density at radius 1 is 1.05 bits per heavy atom. The van der Waals surface area contributed by atoms with Gasteiger partial charge in [0.15, 0.2) is 6.61 Å². The number of ether oxygens (including phenoxy) is 1. The number of hydrogen-bond donors (Lipinski definition) is 1. The molecule has 9 heteroatoms. The van der Waals surface area contributed by atoms with Crippen LogP contribution in [0.4, 0.5) is 10.5 Å². The molecule has 5 rings (SSSR count). The van der Waals surface area contributed by atoms with E-state index in [-0.39, 0.29) is 30.2 Å². The highest BCUT2D eigenvalue weighted by Gasteiger charge is 2.35. The number of fused-ring (bicyclic) bond motifs is 1. The highest BCUT2D eigenvalue weighted by molar-refractivity contribution is 9.10. The normalized spacial score (nSPS) is 14.3. The molecule has 39 heavy (non-hydrogen) atoms. The Morgan fingerprint density at radius 3 is 2.64 bits per heavy atom. The summed E-state index contributed by atoms with van der Waals surface area (Å²) in [6.07, 6.45) is 1.68. The van der Waals surface area contributed by atoms with E-state index in [9.17, 15) is 14.4 Å². The number of nitrogens with zero attached hydrogens (tertiary/aromatic N) is 1. The van der Waals surface area contributed by atoms with Crippen LogP contribution in [0.15, 0.2) is 88.2 Å². The van der Waals surface area contributed by atoms with E-state index in [4.69, 9.17) is 16.3 Å². The van der Waals surface area contributed by atoms with Gasteiger partial charge in [0.2, 0.25) is 0 Å². The number of aryl methyl sites for hydroxylation is 1. The van der Waals surface area contributed by atoms with Crippen LogP contribution in [0.5, 0.6) is 5.75 Å². The third-order valence-corrected chi connectivity index (χ3v) is 8.08. The van der Waals surface area contributed by atoms with Crippen molar-refractivity contribution in [2.24, 2.45) is 0 Å². The van der Waals surface area contributed by atoms with E-state index < -0.39 is 0 Å². The van der Waals surface area contributed by atoms with Gasteiger partial charge in [-0.05, 0) is 92.4 Å². The molecular weight excluding hydrogens is 600 g/mol. The Morgan fingerprint density at radius 2 is 1.85 bits per heavy atom. The molecule has 0 radical (unpaired) electrons. The van der Waals surface area contributed by atoms with E-state index in [1.54, 1.807) is 36.4 Å². The number of imide groups is 1. The number of carbonyl (C=O) groups excluding carboxylic acids is 3. The van der Waals surface area contributed by atoms with Gasteiger partial charge in [-0.2, -0.15) is 0 Å². The Bertz CT molecular complexity index is 1650. The number of amides is 3. The van der Waals surface area contributed by atoms with Crippen molar-refractivity contribution in [3.63, 3.8) is 0 Å². The summed E-state index contributed by atoms with van der Waals surface area (Å²) in [6.45, 7) is 1.89. The van der Waals surface area contributed by atoms with E-state index >= 15 is 0 Å². The first-order chi connectivity index (χ1) is 18.8. The second-order valence-corrected chi connectivity index (χ2v) is 11.2. The van der Waals surface area contributed by atoms with E-state index in [1.807, 2.05) is 55.5 Å². The van der Waals surface area contributed by atoms with Crippen molar-refractivity contribution in [1.29, 1.82) is 0 Å². The quantitative estimate of drug-likeness (QED) is 0.213. The van der Waals surface area contributed by atoms with Crippen LogP contribution in [0.25, 0.3) is 16.8 Å². The molecule has 3 amide bonds. The molecular formula is C30H22BrClN2O4S. The summed E-state index contributed by atoms with van der Waals surface area (Å²) in [5.41, 5.74) is 3.13. The van der Waals surface area contributed by atoms with Gasteiger partial charge < -0.3 is 10.1 Å². The van der Waals surface area contributed by atoms with Gasteiger partial charge in [-0.25, -0.2) is 0 Å². The minimum atomic E-state index is -0.331. The summed E-state index contributed by atoms with van der Waals surface area (Å²) in [7, 11) is 0. The summed E-state index contributed by atoms with van der Waals surface area (Å²) < 4.78 is 6.27. The molecule has 0 unspecified atom stereocenters. The molecule has 1 fully saturated rings. The molecule has 1 aliphatic rings. The predicted octanol–water partition coefficient (Wildman–Crippen LogP) is 7.82. The largest absolute Gasteiger partial charge is 0.483 e. The summed E-state index contributed by atoms with van der Waals surface area (Å²) >= 11 is 10.5. The molecule has 6 nitrogen and oxygen atoms in total. The molecule has 0 aromatic heterocycles. The number of hydrogen-bond acceptors (Lipinski definition) is 5. The minimum Gasteiger partial charge on any atom is -0.483 e. The summed E-state index contributed by atoms with van der Waals surface area (Å²) in [5.74, 6) is -0.193. The van der Waals surface area contributed by atoms with E-state index in [1.165, 1.54) is 4.90 Å². The fourth-order valence-electron chi connectivity index (χ4n) is 4.12. The molecule has 0 spiro atoms. The Kier molecular flexibility index (Phi) is 8.07. The average Bonchev–Trinajstić information content (AvgIpc) is 3.17. The molecule has 0 saturated carbocycles. The van der Waals surface area contributed by atoms with Crippen molar-refractivity contribution in [3.05, 3.63) is 110 Å². The monoisotopic (exact) mass is 620 g/mol. The molecule has 0 atom stereocenters. The second-order valence-electron chi connectivity index (χ2n) is 8.90. The van der Waals surface area contributed by atoms with Crippen molar-refractivity contribution < 1.29 is 19.1 Å². The third kappa shape index (κ3) is 6.19. The van der Waals surface area contributed by atoms with Crippen LogP contribution in [-0.2, 0) is 16.1 Å². The van der Waals surface area contributed by atoms with E-state index in [0.29, 0.717) is 31.4 Å². The zero-order valence-corrected chi connectivity index (χ0v) is 23.9. The lowest BCUT2D eigenvalue weighted by Crippen LogP contribution is -2.27. The third-order valence-electron chi connectivity index (χ3n) is 6.15. The molecule has 0 aliphatic carbocycles. The van der Waals surface area contributed by atoms with Crippen molar-refractivity contribution in [2.75, 3.05) is 11.9 Å². The van der Waals surface area contributed by atoms with Gasteiger partial charge in [-0.1, -0.05) is 66.2 Å². The van der Waals surface area contributed by atoms with Crippen LogP contribution in [0.3, 0.4) is 0 Å². The van der Waals surface area contributed by atoms with Gasteiger partial charge in [-0.15, -0.1) is 0 Å². The Balaban J connectivity index is 1.24. The van der Waals surface area contributed by atoms with Gasteiger partial charge in [0.1, 0.15) is 5.75 Å². The lowest BCUT2D eigenvalue weighted by atomic mass is 10.0. The standard InChI is InChI=1S/C30H22BrClN2O4S/c1-18-9-11-22(15-25(18)32)33-28(35)17-38-26-12-10-19(13-24(26)31)14-27-29(36)34(30(37)39-27)16-21-7-4-6-20-5-2-3-8-23(20)21/h2-15H,16-17H2,1H3,(H,33,35)/b27-14-. The predicted molar refractivity (Wildman–Crippen MR) is 160 cm³/mol. The van der Waals surface area contributed by atoms with Crippen LogP contribution in [0, 0.1) is 6.92 Å². The summed E-state index contributed by atoms with van der Waals surface area (Å²) in [5, 5.41) is 5.08. The van der Waals surface area contributed by atoms with Gasteiger partial charge in [0.05, 0.1) is 15.9 Å². The van der Waals surface area contributed by atoms with Crippen LogP contribution in [0.1, 0.15) is 16.7 Å². The van der Waals surface area contributed by atoms with Crippen LogP contribution in [0.2, 0.25) is 5.02 Å². The lowest BCUT2D eigenvalue weighted by Gasteiger charge is -2.14. The van der Waals surface area contributed by atoms with Crippen LogP contribution < -0.4 is 10.1 Å². The first-order valence-electron chi connectivity index (χ1n) is 12.0. The first-order valence-corrected chi connectivity index (χ1v) is 14.0. The fraction of sp³-hybridized carbons (Fsp3) is 0.100. The van der Waals surface area contributed by atoms with Crippen molar-refractivity contribution in [2.45, 2.75) is 13.5 Å². The number of anilines is 1. The summed E-state index contributed by atoms with van der Waals surface area (Å²) in [4.78, 5) is 39.7. The van der Waals surface area contributed by atoms with Crippen molar-refractivity contribution in [1.82, 2.24) is 4.90 Å². The van der Waals surface area contributed by atoms with Crippen LogP contribution >= 0.6 is 39.3 Å². The SMILES string of the molecule is Cc1ccc(NC(=O)COc2ccc(/C=C3\SC(=O)N(Cc4cccc5ccccc45)C3=O)cc2Br)cc1Cl. The lowest BCUT2D eigenvalue weighted by molar-refractivity contribution is -0.123. The number of carbonyl (C=O) groups is 3. The zero-order chi connectivity index (χ0) is 27.5. The molecule has 1 N–H and O–H groups in total. The minimum absolute atomic E-state index is 0.198. The Hall–Kier alpha value is -3.59. The molecule has 1 saturated heterocycles. The van der Waals surface area contributed by atoms with E-state index in [0.717, 1.165) is 33.7 Å². The molecule has 196 valence electrons.